The molecule has 0 saturated carbocycles. The molecule has 0 fully saturated rings. The average Bonchev–Trinajstić information content (AvgIpc) is 3.14. The van der Waals surface area contributed by atoms with Gasteiger partial charge in [-0.05, 0) is 29.8 Å². The number of hydrogen-bond donors (Lipinski definition) is 0. The lowest BCUT2D eigenvalue weighted by Crippen LogP contribution is -2.29. The van der Waals surface area contributed by atoms with Gasteiger partial charge < -0.3 is 0 Å². The highest BCUT2D eigenvalue weighted by Gasteiger charge is 2.34. The van der Waals surface area contributed by atoms with Crippen molar-refractivity contribution >= 4 is 22.8 Å². The fourth-order valence-corrected chi connectivity index (χ4v) is 4.33. The molecule has 2 heterocycles. The summed E-state index contributed by atoms with van der Waals surface area (Å²) in [5.74, 6) is -0.507. The first-order valence-electron chi connectivity index (χ1n) is 11.1. The average molecular weight is 441 g/mol. The largest absolute Gasteiger partial charge is 0.270 e. The number of carbonyl (C=O) groups is 2. The highest BCUT2D eigenvalue weighted by atomic mass is 16.2. The van der Waals surface area contributed by atoms with Crippen molar-refractivity contribution in [3.8, 4) is 22.5 Å². The molecule has 0 saturated heterocycles. The van der Waals surface area contributed by atoms with E-state index >= 15 is 0 Å². The van der Waals surface area contributed by atoms with Crippen molar-refractivity contribution in [2.24, 2.45) is 0 Å². The minimum absolute atomic E-state index is 0.224. The lowest BCUT2D eigenvalue weighted by atomic mass is 10.0. The van der Waals surface area contributed by atoms with Gasteiger partial charge in [-0.3, -0.25) is 14.5 Å². The van der Waals surface area contributed by atoms with Crippen molar-refractivity contribution in [1.82, 2.24) is 14.9 Å². The summed E-state index contributed by atoms with van der Waals surface area (Å²) in [7, 11) is 0. The van der Waals surface area contributed by atoms with Crippen molar-refractivity contribution < 1.29 is 9.59 Å². The van der Waals surface area contributed by atoms with Crippen LogP contribution in [0.4, 0.5) is 0 Å². The Morgan fingerprint density at radius 2 is 1.00 bits per heavy atom. The molecule has 2 amide bonds. The fraction of sp³-hybridized carbons (Fsp3) is 0.0345. The first-order valence-corrected chi connectivity index (χ1v) is 11.1. The van der Waals surface area contributed by atoms with E-state index in [2.05, 4.69) is 0 Å². The van der Waals surface area contributed by atoms with Gasteiger partial charge in [-0.15, -0.1) is 0 Å². The second-order valence-electron chi connectivity index (χ2n) is 8.21. The number of imide groups is 1. The molecule has 5 nitrogen and oxygen atoms in total. The van der Waals surface area contributed by atoms with Gasteiger partial charge in [0.05, 0.1) is 40.1 Å². The van der Waals surface area contributed by atoms with Gasteiger partial charge in [0.2, 0.25) is 0 Å². The molecule has 162 valence electrons. The molecule has 5 heteroatoms. The SMILES string of the molecule is O=C1c2ccccc2C(=O)N1Cc1ccc(-c2nc3ccccc3nc2-c2ccccc2)cc1. The molecular weight excluding hydrogens is 422 g/mol. The van der Waals surface area contributed by atoms with Crippen LogP contribution in [-0.4, -0.2) is 26.7 Å². The number of para-hydroxylation sites is 2. The quantitative estimate of drug-likeness (QED) is 0.333. The number of amides is 2. The molecule has 0 N–H and O–H groups in total. The summed E-state index contributed by atoms with van der Waals surface area (Å²) in [6.45, 7) is 0.224. The Balaban J connectivity index is 1.36. The fourth-order valence-electron chi connectivity index (χ4n) is 4.33. The van der Waals surface area contributed by atoms with E-state index in [4.69, 9.17) is 9.97 Å². The monoisotopic (exact) mass is 441 g/mol. The summed E-state index contributed by atoms with van der Waals surface area (Å²) >= 11 is 0. The Morgan fingerprint density at radius 3 is 1.56 bits per heavy atom. The molecule has 0 radical (unpaired) electrons. The minimum atomic E-state index is -0.253. The second kappa shape index (κ2) is 8.05. The van der Waals surface area contributed by atoms with E-state index in [0.717, 1.165) is 39.1 Å². The third-order valence-corrected chi connectivity index (χ3v) is 6.06. The topological polar surface area (TPSA) is 63.2 Å². The third-order valence-electron chi connectivity index (χ3n) is 6.06. The van der Waals surface area contributed by atoms with Crippen molar-refractivity contribution in [1.29, 1.82) is 0 Å². The van der Waals surface area contributed by atoms with Crippen LogP contribution in [0, 0.1) is 0 Å². The van der Waals surface area contributed by atoms with E-state index < -0.39 is 0 Å². The van der Waals surface area contributed by atoms with Gasteiger partial charge in [0.15, 0.2) is 0 Å². The smallest absolute Gasteiger partial charge is 0.261 e. The molecule has 0 aliphatic carbocycles. The predicted molar refractivity (Wildman–Crippen MR) is 131 cm³/mol. The molecule has 1 aliphatic rings. The first-order chi connectivity index (χ1) is 16.7. The van der Waals surface area contributed by atoms with Crippen molar-refractivity contribution in [3.63, 3.8) is 0 Å². The summed E-state index contributed by atoms with van der Waals surface area (Å²) in [6.07, 6.45) is 0. The maximum atomic E-state index is 12.7. The zero-order valence-electron chi connectivity index (χ0n) is 18.2. The summed E-state index contributed by atoms with van der Waals surface area (Å²) in [5.41, 5.74) is 6.97. The van der Waals surface area contributed by atoms with Gasteiger partial charge in [-0.25, -0.2) is 9.97 Å². The maximum Gasteiger partial charge on any atom is 0.261 e. The van der Waals surface area contributed by atoms with E-state index in [1.165, 1.54) is 4.90 Å². The standard InChI is InChI=1S/C29H19N3O2/c33-28-22-10-4-5-11-23(22)29(34)32(28)18-19-14-16-21(17-15-19)27-26(20-8-2-1-3-9-20)30-24-12-6-7-13-25(24)31-27/h1-17H,18H2. The van der Waals surface area contributed by atoms with Crippen LogP contribution in [0.15, 0.2) is 103 Å². The van der Waals surface area contributed by atoms with Crippen molar-refractivity contribution in [2.75, 3.05) is 0 Å². The summed E-state index contributed by atoms with van der Waals surface area (Å²) < 4.78 is 0. The lowest BCUT2D eigenvalue weighted by Gasteiger charge is -2.15. The normalized spacial score (nSPS) is 12.9. The van der Waals surface area contributed by atoms with Crippen molar-refractivity contribution in [2.45, 2.75) is 6.54 Å². The zero-order chi connectivity index (χ0) is 23.1. The number of fused-ring (bicyclic) bond motifs is 2. The van der Waals surface area contributed by atoms with Crippen LogP contribution >= 0.6 is 0 Å². The Labute approximate surface area is 196 Å². The van der Waals surface area contributed by atoms with Gasteiger partial charge >= 0.3 is 0 Å². The van der Waals surface area contributed by atoms with E-state index in [9.17, 15) is 9.59 Å². The molecular formula is C29H19N3O2. The first kappa shape index (κ1) is 20.0. The number of carbonyl (C=O) groups excluding carboxylic acids is 2. The zero-order valence-corrected chi connectivity index (χ0v) is 18.2. The molecule has 0 spiro atoms. The highest BCUT2D eigenvalue weighted by molar-refractivity contribution is 6.21. The highest BCUT2D eigenvalue weighted by Crippen LogP contribution is 2.31. The third kappa shape index (κ3) is 3.35. The van der Waals surface area contributed by atoms with Crippen molar-refractivity contribution in [3.05, 3.63) is 120 Å². The Bertz CT molecular complexity index is 1530. The van der Waals surface area contributed by atoms with Crippen LogP contribution in [0.5, 0.6) is 0 Å². The van der Waals surface area contributed by atoms with Crippen LogP contribution in [0.2, 0.25) is 0 Å². The Morgan fingerprint density at radius 1 is 0.529 bits per heavy atom. The molecule has 34 heavy (non-hydrogen) atoms. The number of rotatable bonds is 4. The molecule has 0 bridgehead atoms. The van der Waals surface area contributed by atoms with Crippen LogP contribution < -0.4 is 0 Å². The van der Waals surface area contributed by atoms with E-state index in [1.807, 2.05) is 78.9 Å². The van der Waals surface area contributed by atoms with Crippen LogP contribution in [0.1, 0.15) is 26.3 Å². The number of hydrogen-bond acceptors (Lipinski definition) is 4. The van der Waals surface area contributed by atoms with Gasteiger partial charge in [0.25, 0.3) is 11.8 Å². The summed E-state index contributed by atoms with van der Waals surface area (Å²) in [4.78, 5) is 36.6. The summed E-state index contributed by atoms with van der Waals surface area (Å²) in [5, 5.41) is 0. The molecule has 1 aromatic heterocycles. The molecule has 1 aliphatic heterocycles. The van der Waals surface area contributed by atoms with Gasteiger partial charge in [-0.2, -0.15) is 0 Å². The van der Waals surface area contributed by atoms with E-state index in [0.29, 0.717) is 11.1 Å². The van der Waals surface area contributed by atoms with Gasteiger partial charge in [0, 0.05) is 11.1 Å². The molecule has 5 aromatic rings. The predicted octanol–water partition coefficient (Wildman–Crippen LogP) is 5.76. The van der Waals surface area contributed by atoms with E-state index in [-0.39, 0.29) is 18.4 Å². The van der Waals surface area contributed by atoms with Gasteiger partial charge in [0.1, 0.15) is 0 Å². The molecule has 4 aromatic carbocycles. The van der Waals surface area contributed by atoms with Gasteiger partial charge in [-0.1, -0.05) is 78.9 Å². The molecule has 0 unspecified atom stereocenters. The Kier molecular flexibility index (Phi) is 4.73. The second-order valence-corrected chi connectivity index (χ2v) is 8.21. The minimum Gasteiger partial charge on any atom is -0.270 e. The summed E-state index contributed by atoms with van der Waals surface area (Å²) in [6, 6.07) is 32.6. The number of nitrogens with zero attached hydrogens (tertiary/aromatic N) is 3. The molecule has 0 atom stereocenters. The maximum absolute atomic E-state index is 12.7. The van der Waals surface area contributed by atoms with E-state index in [1.54, 1.807) is 24.3 Å². The van der Waals surface area contributed by atoms with Crippen LogP contribution in [-0.2, 0) is 6.54 Å². The lowest BCUT2D eigenvalue weighted by molar-refractivity contribution is 0.0642. The number of aromatic nitrogens is 2. The van der Waals surface area contributed by atoms with Crippen LogP contribution in [0.3, 0.4) is 0 Å². The molecule has 6 rings (SSSR count). The number of benzene rings is 4. The Hall–Kier alpha value is -4.64. The van der Waals surface area contributed by atoms with Crippen LogP contribution in [0.25, 0.3) is 33.5 Å².